The third-order valence-electron chi connectivity index (χ3n) is 4.02. The minimum atomic E-state index is -0.320. The van der Waals surface area contributed by atoms with E-state index in [4.69, 9.17) is 0 Å². The second-order valence-corrected chi connectivity index (χ2v) is 5.87. The maximum Gasteiger partial charge on any atom is 0.305 e. The van der Waals surface area contributed by atoms with Gasteiger partial charge in [-0.05, 0) is 18.4 Å². The molecule has 0 fully saturated rings. The van der Waals surface area contributed by atoms with Crippen LogP contribution in [-0.2, 0) is 9.53 Å². The first-order valence-electron chi connectivity index (χ1n) is 8.54. The molecule has 1 atom stereocenters. The summed E-state index contributed by atoms with van der Waals surface area (Å²) in [5.74, 6) is -0.100. The average Bonchev–Trinajstić information content (AvgIpc) is 2.56. The minimum absolute atomic E-state index is 0.100. The molecule has 0 heterocycles. The molecule has 124 valence electrons. The predicted molar refractivity (Wildman–Crippen MR) is 89.6 cm³/mol. The molecule has 0 saturated heterocycles. The highest BCUT2D eigenvalue weighted by molar-refractivity contribution is 5.68. The molecule has 0 saturated carbocycles. The fourth-order valence-electron chi connectivity index (χ4n) is 2.61. The second-order valence-electron chi connectivity index (χ2n) is 5.87. The molecule has 0 aromatic heterocycles. The summed E-state index contributed by atoms with van der Waals surface area (Å²) in [4.78, 5) is 10.9. The number of aliphatic hydroxyl groups is 1. The van der Waals surface area contributed by atoms with Gasteiger partial charge in [0.05, 0.1) is 13.2 Å². The molecule has 1 aromatic rings. The number of unbranched alkanes of at least 4 members (excludes halogenated alkanes) is 7. The number of carbonyl (C=O) groups is 1. The zero-order valence-corrected chi connectivity index (χ0v) is 13.8. The Morgan fingerprint density at radius 1 is 0.955 bits per heavy atom. The number of hydrogen-bond donors (Lipinski definition) is 1. The van der Waals surface area contributed by atoms with Gasteiger partial charge in [0.25, 0.3) is 0 Å². The van der Waals surface area contributed by atoms with Gasteiger partial charge >= 0.3 is 5.97 Å². The number of rotatable bonds is 12. The van der Waals surface area contributed by atoms with Crippen molar-refractivity contribution in [1.82, 2.24) is 0 Å². The van der Waals surface area contributed by atoms with Crippen molar-refractivity contribution in [3.8, 4) is 0 Å². The number of benzene rings is 1. The first kappa shape index (κ1) is 18.7. The Morgan fingerprint density at radius 3 is 2.09 bits per heavy atom. The quantitative estimate of drug-likeness (QED) is 0.446. The van der Waals surface area contributed by atoms with E-state index in [1.165, 1.54) is 39.2 Å². The van der Waals surface area contributed by atoms with Crippen molar-refractivity contribution in [1.29, 1.82) is 0 Å². The van der Waals surface area contributed by atoms with Crippen molar-refractivity contribution in [3.63, 3.8) is 0 Å². The molecule has 0 amide bonds. The topological polar surface area (TPSA) is 46.5 Å². The fourth-order valence-corrected chi connectivity index (χ4v) is 2.61. The van der Waals surface area contributed by atoms with Gasteiger partial charge in [-0.15, -0.1) is 0 Å². The number of esters is 1. The van der Waals surface area contributed by atoms with E-state index in [2.05, 4.69) is 4.74 Å². The molecule has 0 bridgehead atoms. The summed E-state index contributed by atoms with van der Waals surface area (Å²) < 4.78 is 4.61. The van der Waals surface area contributed by atoms with Gasteiger partial charge < -0.3 is 9.84 Å². The fraction of sp³-hybridized carbons (Fsp3) is 0.632. The summed E-state index contributed by atoms with van der Waals surface area (Å²) in [5, 5.41) is 10.0. The number of hydrogen-bond acceptors (Lipinski definition) is 3. The van der Waals surface area contributed by atoms with Crippen molar-refractivity contribution in [3.05, 3.63) is 35.9 Å². The second kappa shape index (κ2) is 12.2. The first-order valence-corrected chi connectivity index (χ1v) is 8.54. The predicted octanol–water partition coefficient (Wildman–Crippen LogP) is 4.79. The van der Waals surface area contributed by atoms with E-state index in [9.17, 15) is 9.90 Å². The normalized spacial score (nSPS) is 12.1. The van der Waals surface area contributed by atoms with Gasteiger partial charge in [-0.2, -0.15) is 0 Å². The van der Waals surface area contributed by atoms with Gasteiger partial charge in [-0.3, -0.25) is 4.79 Å². The summed E-state index contributed by atoms with van der Waals surface area (Å²) in [6.07, 6.45) is 10.3. The molecule has 1 unspecified atom stereocenters. The van der Waals surface area contributed by atoms with Gasteiger partial charge in [-0.25, -0.2) is 0 Å². The van der Waals surface area contributed by atoms with Crippen LogP contribution in [0.5, 0.6) is 0 Å². The highest BCUT2D eigenvalue weighted by Crippen LogP contribution is 2.20. The van der Waals surface area contributed by atoms with E-state index >= 15 is 0 Å². The Balaban J connectivity index is 1.88. The van der Waals surface area contributed by atoms with E-state index in [-0.39, 0.29) is 12.1 Å². The first-order chi connectivity index (χ1) is 10.7. The van der Waals surface area contributed by atoms with Gasteiger partial charge in [0.1, 0.15) is 0 Å². The Bertz CT molecular complexity index is 389. The smallest absolute Gasteiger partial charge is 0.305 e. The van der Waals surface area contributed by atoms with Gasteiger partial charge in [0.2, 0.25) is 0 Å². The maximum atomic E-state index is 10.9. The van der Waals surface area contributed by atoms with Crippen molar-refractivity contribution >= 4 is 5.97 Å². The van der Waals surface area contributed by atoms with Crippen molar-refractivity contribution in [2.45, 2.75) is 70.3 Å². The van der Waals surface area contributed by atoms with Crippen LogP contribution in [0.4, 0.5) is 0 Å². The summed E-state index contributed by atoms with van der Waals surface area (Å²) in [5.41, 5.74) is 1.02. The zero-order chi connectivity index (χ0) is 16.0. The van der Waals surface area contributed by atoms with Crippen LogP contribution in [0.1, 0.15) is 75.9 Å². The summed E-state index contributed by atoms with van der Waals surface area (Å²) in [6, 6.07) is 9.89. The monoisotopic (exact) mass is 306 g/mol. The SMILES string of the molecule is COC(=O)CCCCCCCCCCC(O)c1ccccc1. The summed E-state index contributed by atoms with van der Waals surface area (Å²) >= 11 is 0. The molecule has 0 radical (unpaired) electrons. The van der Waals surface area contributed by atoms with Crippen LogP contribution >= 0.6 is 0 Å². The van der Waals surface area contributed by atoms with Crippen molar-refractivity contribution in [2.75, 3.05) is 7.11 Å². The lowest BCUT2D eigenvalue weighted by atomic mass is 10.0. The van der Waals surface area contributed by atoms with E-state index in [1.54, 1.807) is 0 Å². The Labute approximate surface area is 134 Å². The highest BCUT2D eigenvalue weighted by atomic mass is 16.5. The van der Waals surface area contributed by atoms with E-state index in [0.29, 0.717) is 6.42 Å². The minimum Gasteiger partial charge on any atom is -0.469 e. The molecule has 0 aliphatic heterocycles. The van der Waals surface area contributed by atoms with Crippen molar-refractivity contribution in [2.24, 2.45) is 0 Å². The molecular weight excluding hydrogens is 276 g/mol. The molecule has 3 heteroatoms. The molecular formula is C19H30O3. The van der Waals surface area contributed by atoms with Crippen LogP contribution < -0.4 is 0 Å². The molecule has 1 rings (SSSR count). The van der Waals surface area contributed by atoms with E-state index in [0.717, 1.165) is 31.2 Å². The van der Waals surface area contributed by atoms with Gasteiger partial charge in [0.15, 0.2) is 0 Å². The van der Waals surface area contributed by atoms with Crippen LogP contribution in [0.15, 0.2) is 30.3 Å². The average molecular weight is 306 g/mol. The van der Waals surface area contributed by atoms with E-state index < -0.39 is 0 Å². The highest BCUT2D eigenvalue weighted by Gasteiger charge is 2.05. The standard InChI is InChI=1S/C19H30O3/c1-22-19(21)16-12-7-5-3-2-4-6-11-15-18(20)17-13-9-8-10-14-17/h8-10,13-14,18,20H,2-7,11-12,15-16H2,1H3. The van der Waals surface area contributed by atoms with Gasteiger partial charge in [0, 0.05) is 6.42 Å². The molecule has 22 heavy (non-hydrogen) atoms. The molecule has 0 aliphatic rings. The lowest BCUT2D eigenvalue weighted by Crippen LogP contribution is -1.99. The number of carbonyl (C=O) groups excluding carboxylic acids is 1. The Kier molecular flexibility index (Phi) is 10.4. The number of methoxy groups -OCH3 is 1. The molecule has 3 nitrogen and oxygen atoms in total. The third kappa shape index (κ3) is 8.83. The van der Waals surface area contributed by atoms with Crippen LogP contribution in [0, 0.1) is 0 Å². The molecule has 0 spiro atoms. The number of aliphatic hydroxyl groups excluding tert-OH is 1. The Hall–Kier alpha value is -1.35. The number of ether oxygens (including phenoxy) is 1. The van der Waals surface area contributed by atoms with Crippen LogP contribution in [0.3, 0.4) is 0 Å². The van der Waals surface area contributed by atoms with Crippen molar-refractivity contribution < 1.29 is 14.6 Å². The van der Waals surface area contributed by atoms with Gasteiger partial charge in [-0.1, -0.05) is 75.3 Å². The summed E-state index contributed by atoms with van der Waals surface area (Å²) in [6.45, 7) is 0. The lowest BCUT2D eigenvalue weighted by molar-refractivity contribution is -0.140. The zero-order valence-electron chi connectivity index (χ0n) is 13.8. The molecule has 1 N–H and O–H groups in total. The molecule has 1 aromatic carbocycles. The maximum absolute atomic E-state index is 10.9. The third-order valence-corrected chi connectivity index (χ3v) is 4.02. The largest absolute Gasteiger partial charge is 0.469 e. The van der Waals surface area contributed by atoms with Crippen LogP contribution in [0.2, 0.25) is 0 Å². The van der Waals surface area contributed by atoms with E-state index in [1.807, 2.05) is 30.3 Å². The van der Waals surface area contributed by atoms with Crippen LogP contribution in [-0.4, -0.2) is 18.2 Å². The summed E-state index contributed by atoms with van der Waals surface area (Å²) in [7, 11) is 1.44. The lowest BCUT2D eigenvalue weighted by Gasteiger charge is -2.10. The van der Waals surface area contributed by atoms with Crippen LogP contribution in [0.25, 0.3) is 0 Å². The molecule has 0 aliphatic carbocycles. The Morgan fingerprint density at radius 2 is 1.50 bits per heavy atom.